The average molecular weight is 494 g/mol. The molecule has 0 radical (unpaired) electrons. The van der Waals surface area contributed by atoms with E-state index in [1.54, 1.807) is 36.4 Å². The Morgan fingerprint density at radius 1 is 1.03 bits per heavy atom. The molecule has 3 aromatic rings. The zero-order valence-corrected chi connectivity index (χ0v) is 18.7. The van der Waals surface area contributed by atoms with Crippen molar-refractivity contribution < 1.29 is 33.0 Å². The Morgan fingerprint density at radius 3 is 2.44 bits per heavy atom. The summed E-state index contributed by atoms with van der Waals surface area (Å²) in [5.74, 6) is -1.03. The number of halogens is 3. The normalized spacial score (nSPS) is 15.9. The van der Waals surface area contributed by atoms with Gasteiger partial charge in [0.15, 0.2) is 0 Å². The minimum absolute atomic E-state index is 0.0184. The van der Waals surface area contributed by atoms with Gasteiger partial charge in [-0.05, 0) is 53.1 Å². The molecule has 0 aliphatic carbocycles. The number of carbonyl (C=O) groups excluding carboxylic acids is 2. The number of phenols is 1. The van der Waals surface area contributed by atoms with Crippen molar-refractivity contribution in [2.75, 3.05) is 10.6 Å². The van der Waals surface area contributed by atoms with E-state index in [-0.39, 0.29) is 12.2 Å². The molecule has 4 rings (SSSR count). The molecular weight excluding hydrogens is 473 g/mol. The van der Waals surface area contributed by atoms with Crippen molar-refractivity contribution >= 4 is 28.8 Å². The third-order valence-electron chi connectivity index (χ3n) is 5.58. The third-order valence-corrected chi connectivity index (χ3v) is 5.58. The largest absolute Gasteiger partial charge is 0.508 e. The van der Waals surface area contributed by atoms with Crippen LogP contribution in [-0.2, 0) is 22.2 Å². The summed E-state index contributed by atoms with van der Waals surface area (Å²) >= 11 is 0. The molecule has 0 saturated heterocycles. The lowest BCUT2D eigenvalue weighted by atomic mass is 9.96. The minimum atomic E-state index is -4.47. The van der Waals surface area contributed by atoms with Gasteiger partial charge in [0.05, 0.1) is 5.56 Å². The minimum Gasteiger partial charge on any atom is -0.508 e. The number of aromatic hydroxyl groups is 1. The third kappa shape index (κ3) is 5.64. The smallest absolute Gasteiger partial charge is 0.416 e. The van der Waals surface area contributed by atoms with Crippen molar-refractivity contribution in [2.45, 2.75) is 18.7 Å². The molecule has 0 aromatic heterocycles. The van der Waals surface area contributed by atoms with Crippen molar-refractivity contribution in [3.05, 3.63) is 107 Å². The molecule has 4 N–H and O–H groups in total. The number of amides is 2. The van der Waals surface area contributed by atoms with E-state index in [2.05, 4.69) is 10.6 Å². The Labute approximate surface area is 204 Å². The zero-order valence-electron chi connectivity index (χ0n) is 18.7. The number of benzene rings is 3. The van der Waals surface area contributed by atoms with Crippen LogP contribution in [0.1, 0.15) is 22.3 Å². The van der Waals surface area contributed by atoms with Crippen LogP contribution in [0.25, 0.3) is 5.57 Å². The Balaban J connectivity index is 1.59. The number of rotatable bonds is 5. The average Bonchev–Trinajstić information content (AvgIpc) is 2.83. The number of alkyl halides is 3. The summed E-state index contributed by atoms with van der Waals surface area (Å²) < 4.78 is 38.9. The molecular formula is C27H21F3N2O4. The topological polar surface area (TPSA) is 98.7 Å². The number of carbonyl (C=O) groups is 2. The van der Waals surface area contributed by atoms with E-state index in [0.29, 0.717) is 33.6 Å². The van der Waals surface area contributed by atoms with Crippen LogP contribution in [0.15, 0.2) is 85.0 Å². The number of allylic oxidation sites excluding steroid dienone is 2. The number of hydrogen-bond acceptors (Lipinski definition) is 4. The zero-order chi connectivity index (χ0) is 25.9. The molecule has 1 unspecified atom stereocenters. The van der Waals surface area contributed by atoms with E-state index in [0.717, 1.165) is 12.1 Å². The number of hydrogen-bond donors (Lipinski definition) is 4. The molecule has 0 fully saturated rings. The lowest BCUT2D eigenvalue weighted by Gasteiger charge is -2.23. The summed E-state index contributed by atoms with van der Waals surface area (Å²) in [5.41, 5.74) is 2.23. The maximum absolute atomic E-state index is 13.0. The highest BCUT2D eigenvalue weighted by Crippen LogP contribution is 2.32. The SMILES string of the molecule is O=C(/C=C/C=C(\c1ccc(C(F)(F)F)cc1)c1cccc(O)c1)Nc1cccc2c1CC(O)C(=O)N2. The molecule has 3 aromatic carbocycles. The van der Waals surface area contributed by atoms with Crippen LogP contribution < -0.4 is 10.6 Å². The van der Waals surface area contributed by atoms with Crippen LogP contribution in [0.4, 0.5) is 24.5 Å². The highest BCUT2D eigenvalue weighted by Gasteiger charge is 2.30. The first-order valence-corrected chi connectivity index (χ1v) is 10.9. The second-order valence-electron chi connectivity index (χ2n) is 8.10. The van der Waals surface area contributed by atoms with Gasteiger partial charge < -0.3 is 20.8 Å². The summed E-state index contributed by atoms with van der Waals surface area (Å²) in [6, 6.07) is 15.8. The van der Waals surface area contributed by atoms with E-state index in [1.807, 2.05) is 0 Å². The van der Waals surface area contributed by atoms with Gasteiger partial charge in [-0.3, -0.25) is 9.59 Å². The lowest BCUT2D eigenvalue weighted by molar-refractivity contribution is -0.137. The molecule has 36 heavy (non-hydrogen) atoms. The second kappa shape index (κ2) is 10.1. The van der Waals surface area contributed by atoms with Gasteiger partial charge in [-0.25, -0.2) is 0 Å². The van der Waals surface area contributed by atoms with Crippen LogP contribution in [0.3, 0.4) is 0 Å². The fourth-order valence-electron chi connectivity index (χ4n) is 3.82. The lowest BCUT2D eigenvalue weighted by Crippen LogP contribution is -2.34. The van der Waals surface area contributed by atoms with E-state index < -0.39 is 29.7 Å². The van der Waals surface area contributed by atoms with Crippen molar-refractivity contribution in [3.63, 3.8) is 0 Å². The van der Waals surface area contributed by atoms with Crippen LogP contribution in [0, 0.1) is 0 Å². The standard InChI is InChI=1S/C27H21F3N2O4/c28-27(29,30)18-12-10-16(11-13-18)20(17-4-1-5-19(33)14-17)6-2-9-25(35)31-22-7-3-8-23-21(22)15-24(34)26(36)32-23/h1-14,24,33-34H,15H2,(H,31,35)(H,32,36)/b9-2+,20-6+. The predicted octanol–water partition coefficient (Wildman–Crippen LogP) is 4.89. The van der Waals surface area contributed by atoms with Crippen LogP contribution in [0.2, 0.25) is 0 Å². The van der Waals surface area contributed by atoms with E-state index in [9.17, 15) is 33.0 Å². The van der Waals surface area contributed by atoms with Gasteiger partial charge in [-0.2, -0.15) is 13.2 Å². The fourth-order valence-corrected chi connectivity index (χ4v) is 3.82. The highest BCUT2D eigenvalue weighted by atomic mass is 19.4. The van der Waals surface area contributed by atoms with Crippen molar-refractivity contribution in [1.82, 2.24) is 0 Å². The Hall–Kier alpha value is -4.37. The fraction of sp³-hybridized carbons (Fsp3) is 0.111. The summed E-state index contributed by atoms with van der Waals surface area (Å²) in [4.78, 5) is 24.2. The van der Waals surface area contributed by atoms with Gasteiger partial charge in [-0.15, -0.1) is 0 Å². The Bertz CT molecular complexity index is 1360. The van der Waals surface area contributed by atoms with Crippen molar-refractivity contribution in [3.8, 4) is 5.75 Å². The van der Waals surface area contributed by atoms with E-state index in [1.165, 1.54) is 36.4 Å². The first-order chi connectivity index (χ1) is 17.1. The summed E-state index contributed by atoms with van der Waals surface area (Å²) in [7, 11) is 0. The molecule has 0 bridgehead atoms. The van der Waals surface area contributed by atoms with Gasteiger partial charge in [0.2, 0.25) is 5.91 Å². The molecule has 0 spiro atoms. The summed E-state index contributed by atoms with van der Waals surface area (Å²) in [6.07, 6.45) is -1.40. The van der Waals surface area contributed by atoms with Crippen LogP contribution in [-0.4, -0.2) is 28.1 Å². The number of fused-ring (bicyclic) bond motifs is 1. The van der Waals surface area contributed by atoms with Crippen molar-refractivity contribution in [2.24, 2.45) is 0 Å². The van der Waals surface area contributed by atoms with Gasteiger partial charge in [-0.1, -0.05) is 42.5 Å². The van der Waals surface area contributed by atoms with Gasteiger partial charge >= 0.3 is 6.18 Å². The molecule has 1 aliphatic heterocycles. The maximum Gasteiger partial charge on any atom is 0.416 e. The first-order valence-electron chi connectivity index (χ1n) is 10.9. The van der Waals surface area contributed by atoms with Gasteiger partial charge in [0, 0.05) is 29.4 Å². The number of aliphatic hydroxyl groups is 1. The molecule has 2 amide bonds. The maximum atomic E-state index is 13.0. The molecule has 1 atom stereocenters. The van der Waals surface area contributed by atoms with E-state index >= 15 is 0 Å². The predicted molar refractivity (Wildman–Crippen MR) is 129 cm³/mol. The molecule has 6 nitrogen and oxygen atoms in total. The Kier molecular flexibility index (Phi) is 6.93. The summed E-state index contributed by atoms with van der Waals surface area (Å²) in [5, 5.41) is 25.0. The molecule has 1 aliphatic rings. The van der Waals surface area contributed by atoms with Crippen LogP contribution >= 0.6 is 0 Å². The highest BCUT2D eigenvalue weighted by molar-refractivity contribution is 6.03. The first kappa shape index (κ1) is 24.7. The monoisotopic (exact) mass is 494 g/mol. The van der Waals surface area contributed by atoms with Gasteiger partial charge in [0.1, 0.15) is 11.9 Å². The number of nitrogens with one attached hydrogen (secondary N) is 2. The van der Waals surface area contributed by atoms with Crippen LogP contribution in [0.5, 0.6) is 5.75 Å². The molecule has 9 heteroatoms. The second-order valence-corrected chi connectivity index (χ2v) is 8.10. The van der Waals surface area contributed by atoms with E-state index in [4.69, 9.17) is 0 Å². The number of aliphatic hydroxyl groups excluding tert-OH is 1. The van der Waals surface area contributed by atoms with Crippen molar-refractivity contribution in [1.29, 1.82) is 0 Å². The Morgan fingerprint density at radius 2 is 1.75 bits per heavy atom. The number of anilines is 2. The van der Waals surface area contributed by atoms with Gasteiger partial charge in [0.25, 0.3) is 5.91 Å². The molecule has 0 saturated carbocycles. The quantitative estimate of drug-likeness (QED) is 0.300. The number of phenolic OH excluding ortho intramolecular Hbond substituents is 1. The summed E-state index contributed by atoms with van der Waals surface area (Å²) in [6.45, 7) is 0. The molecule has 1 heterocycles. The molecule has 184 valence electrons.